The fraction of sp³-hybridized carbons (Fsp3) is 0.769. The average Bonchev–Trinajstić information content (AvgIpc) is 2.93. The maximum Gasteiger partial charge on any atom is 0.0615 e. The van der Waals surface area contributed by atoms with Crippen molar-refractivity contribution in [3.63, 3.8) is 0 Å². The SMILES string of the molecule is CNC1(CO)CCCC1CCn1nccc1C. The van der Waals surface area contributed by atoms with E-state index in [0.29, 0.717) is 5.92 Å². The first kappa shape index (κ1) is 12.6. The molecule has 96 valence electrons. The van der Waals surface area contributed by atoms with Gasteiger partial charge in [0, 0.05) is 24.0 Å². The van der Waals surface area contributed by atoms with Crippen molar-refractivity contribution in [2.24, 2.45) is 5.92 Å². The molecule has 1 saturated carbocycles. The molecule has 0 spiro atoms. The summed E-state index contributed by atoms with van der Waals surface area (Å²) in [5.41, 5.74) is 1.16. The lowest BCUT2D eigenvalue weighted by Gasteiger charge is -2.33. The van der Waals surface area contributed by atoms with Crippen LogP contribution in [0, 0.1) is 12.8 Å². The highest BCUT2D eigenvalue weighted by Gasteiger charge is 2.40. The van der Waals surface area contributed by atoms with Gasteiger partial charge in [-0.05, 0) is 45.2 Å². The predicted molar refractivity (Wildman–Crippen MR) is 67.8 cm³/mol. The van der Waals surface area contributed by atoms with Gasteiger partial charge in [-0.1, -0.05) is 6.42 Å². The molecular weight excluding hydrogens is 214 g/mol. The van der Waals surface area contributed by atoms with Crippen LogP contribution in [0.1, 0.15) is 31.4 Å². The Bertz CT molecular complexity index is 357. The summed E-state index contributed by atoms with van der Waals surface area (Å²) in [7, 11) is 1.97. The van der Waals surface area contributed by atoms with E-state index < -0.39 is 0 Å². The highest BCUT2D eigenvalue weighted by molar-refractivity contribution is 4.99. The minimum atomic E-state index is -0.0545. The zero-order chi connectivity index (χ0) is 12.3. The largest absolute Gasteiger partial charge is 0.394 e. The summed E-state index contributed by atoms with van der Waals surface area (Å²) in [4.78, 5) is 0. The number of aliphatic hydroxyl groups excluding tert-OH is 1. The molecule has 1 aromatic heterocycles. The summed E-state index contributed by atoms with van der Waals surface area (Å²) in [6, 6.07) is 2.03. The Morgan fingerprint density at radius 1 is 1.65 bits per heavy atom. The quantitative estimate of drug-likeness (QED) is 0.812. The van der Waals surface area contributed by atoms with Gasteiger partial charge in [0.2, 0.25) is 0 Å². The molecule has 0 amide bonds. The minimum Gasteiger partial charge on any atom is -0.394 e. The van der Waals surface area contributed by atoms with Gasteiger partial charge in [-0.2, -0.15) is 5.10 Å². The lowest BCUT2D eigenvalue weighted by molar-refractivity contribution is 0.124. The molecule has 17 heavy (non-hydrogen) atoms. The second-order valence-electron chi connectivity index (χ2n) is 5.14. The van der Waals surface area contributed by atoms with E-state index in [0.717, 1.165) is 19.4 Å². The van der Waals surface area contributed by atoms with Crippen molar-refractivity contribution in [2.75, 3.05) is 13.7 Å². The normalized spacial score (nSPS) is 28.8. The molecule has 2 rings (SSSR count). The maximum absolute atomic E-state index is 9.61. The van der Waals surface area contributed by atoms with Gasteiger partial charge in [0.05, 0.1) is 6.61 Å². The minimum absolute atomic E-state index is 0.0545. The molecule has 1 aliphatic rings. The van der Waals surface area contributed by atoms with E-state index in [2.05, 4.69) is 22.0 Å². The average molecular weight is 237 g/mol. The molecule has 0 aromatic carbocycles. The molecule has 2 unspecified atom stereocenters. The van der Waals surface area contributed by atoms with Gasteiger partial charge in [0.1, 0.15) is 0 Å². The first-order valence-electron chi connectivity index (χ1n) is 6.50. The third-order valence-corrected chi connectivity index (χ3v) is 4.36. The molecule has 1 aliphatic carbocycles. The Labute approximate surface area is 103 Å². The van der Waals surface area contributed by atoms with Crippen molar-refractivity contribution in [1.82, 2.24) is 15.1 Å². The van der Waals surface area contributed by atoms with Crippen LogP contribution in [0.25, 0.3) is 0 Å². The third kappa shape index (κ3) is 2.38. The summed E-state index contributed by atoms with van der Waals surface area (Å²) >= 11 is 0. The topological polar surface area (TPSA) is 50.1 Å². The fourth-order valence-electron chi connectivity index (χ4n) is 3.09. The standard InChI is InChI=1S/C13H23N3O/c1-11-5-8-15-16(11)9-6-12-4-3-7-13(12,10-17)14-2/h5,8,12,14,17H,3-4,6-7,9-10H2,1-2H3. The number of nitrogens with zero attached hydrogens (tertiary/aromatic N) is 2. The number of hydrogen-bond donors (Lipinski definition) is 2. The predicted octanol–water partition coefficient (Wildman–Crippen LogP) is 1.33. The molecule has 1 aromatic rings. The molecule has 1 fully saturated rings. The van der Waals surface area contributed by atoms with Gasteiger partial charge < -0.3 is 10.4 Å². The smallest absolute Gasteiger partial charge is 0.0615 e. The second kappa shape index (κ2) is 5.19. The molecule has 4 heteroatoms. The number of aliphatic hydroxyl groups is 1. The summed E-state index contributed by atoms with van der Waals surface area (Å²) in [6.45, 7) is 3.28. The fourth-order valence-corrected chi connectivity index (χ4v) is 3.09. The Kier molecular flexibility index (Phi) is 3.84. The summed E-state index contributed by atoms with van der Waals surface area (Å²) < 4.78 is 2.05. The van der Waals surface area contributed by atoms with Crippen molar-refractivity contribution in [1.29, 1.82) is 0 Å². The van der Waals surface area contributed by atoms with Crippen LogP contribution in [0.4, 0.5) is 0 Å². The van der Waals surface area contributed by atoms with Gasteiger partial charge in [-0.25, -0.2) is 0 Å². The zero-order valence-electron chi connectivity index (χ0n) is 10.8. The van der Waals surface area contributed by atoms with Crippen molar-refractivity contribution in [3.05, 3.63) is 18.0 Å². The molecule has 0 bridgehead atoms. The molecule has 0 radical (unpaired) electrons. The zero-order valence-corrected chi connectivity index (χ0v) is 10.8. The summed E-state index contributed by atoms with van der Waals surface area (Å²) in [6.07, 6.45) is 6.44. The molecule has 2 N–H and O–H groups in total. The number of aromatic nitrogens is 2. The lowest BCUT2D eigenvalue weighted by atomic mass is 9.85. The van der Waals surface area contributed by atoms with Crippen LogP contribution in [0.2, 0.25) is 0 Å². The van der Waals surface area contributed by atoms with E-state index in [-0.39, 0.29) is 12.1 Å². The highest BCUT2D eigenvalue weighted by atomic mass is 16.3. The van der Waals surface area contributed by atoms with Crippen LogP contribution in [0.3, 0.4) is 0 Å². The van der Waals surface area contributed by atoms with Gasteiger partial charge in [-0.15, -0.1) is 0 Å². The Hall–Kier alpha value is -0.870. The Balaban J connectivity index is 1.97. The molecule has 4 nitrogen and oxygen atoms in total. The first-order chi connectivity index (χ1) is 8.22. The van der Waals surface area contributed by atoms with E-state index in [1.807, 2.05) is 19.3 Å². The number of hydrogen-bond acceptors (Lipinski definition) is 3. The van der Waals surface area contributed by atoms with Crippen LogP contribution in [0.5, 0.6) is 0 Å². The van der Waals surface area contributed by atoms with Crippen LogP contribution in [-0.2, 0) is 6.54 Å². The lowest BCUT2D eigenvalue weighted by Crippen LogP contribution is -2.49. The summed E-state index contributed by atoms with van der Waals surface area (Å²) in [5.74, 6) is 0.557. The first-order valence-corrected chi connectivity index (χ1v) is 6.50. The number of rotatable bonds is 5. The molecular formula is C13H23N3O. The maximum atomic E-state index is 9.61. The van der Waals surface area contributed by atoms with Gasteiger partial charge in [0.25, 0.3) is 0 Å². The summed E-state index contributed by atoms with van der Waals surface area (Å²) in [5, 5.41) is 17.3. The Morgan fingerprint density at radius 3 is 3.06 bits per heavy atom. The van der Waals surface area contributed by atoms with Crippen molar-refractivity contribution in [2.45, 2.75) is 44.7 Å². The van der Waals surface area contributed by atoms with E-state index in [1.165, 1.54) is 18.5 Å². The monoisotopic (exact) mass is 237 g/mol. The van der Waals surface area contributed by atoms with Crippen LogP contribution in [-0.4, -0.2) is 34.1 Å². The number of aryl methyl sites for hydroxylation is 2. The van der Waals surface area contributed by atoms with Gasteiger partial charge in [0.15, 0.2) is 0 Å². The highest BCUT2D eigenvalue weighted by Crippen LogP contribution is 2.37. The molecule has 0 saturated heterocycles. The van der Waals surface area contributed by atoms with E-state index in [1.54, 1.807) is 0 Å². The number of likely N-dealkylation sites (N-methyl/N-ethyl adjacent to an activating group) is 1. The molecule has 0 aliphatic heterocycles. The van der Waals surface area contributed by atoms with E-state index in [9.17, 15) is 5.11 Å². The van der Waals surface area contributed by atoms with Crippen molar-refractivity contribution in [3.8, 4) is 0 Å². The second-order valence-corrected chi connectivity index (χ2v) is 5.14. The Morgan fingerprint density at radius 2 is 2.47 bits per heavy atom. The van der Waals surface area contributed by atoms with Crippen molar-refractivity contribution >= 4 is 0 Å². The molecule has 2 atom stereocenters. The number of nitrogens with one attached hydrogen (secondary N) is 1. The van der Waals surface area contributed by atoms with E-state index in [4.69, 9.17) is 0 Å². The van der Waals surface area contributed by atoms with Crippen LogP contribution >= 0.6 is 0 Å². The third-order valence-electron chi connectivity index (χ3n) is 4.36. The van der Waals surface area contributed by atoms with Gasteiger partial charge in [-0.3, -0.25) is 4.68 Å². The van der Waals surface area contributed by atoms with Crippen molar-refractivity contribution < 1.29 is 5.11 Å². The van der Waals surface area contributed by atoms with Crippen LogP contribution < -0.4 is 5.32 Å². The van der Waals surface area contributed by atoms with E-state index >= 15 is 0 Å². The van der Waals surface area contributed by atoms with Gasteiger partial charge >= 0.3 is 0 Å². The molecule has 1 heterocycles. The van der Waals surface area contributed by atoms with Crippen LogP contribution in [0.15, 0.2) is 12.3 Å².